The summed E-state index contributed by atoms with van der Waals surface area (Å²) in [5.41, 5.74) is 5.36. The molecule has 6 heteroatoms. The van der Waals surface area contributed by atoms with Crippen molar-refractivity contribution in [2.24, 2.45) is 5.16 Å². The van der Waals surface area contributed by atoms with E-state index >= 15 is 0 Å². The maximum absolute atomic E-state index is 12.5. The van der Waals surface area contributed by atoms with Gasteiger partial charge in [0.1, 0.15) is 17.2 Å². The fourth-order valence-electron chi connectivity index (χ4n) is 4.32. The van der Waals surface area contributed by atoms with E-state index in [0.29, 0.717) is 34.8 Å². The van der Waals surface area contributed by atoms with Crippen LogP contribution in [0.5, 0.6) is 0 Å². The highest BCUT2D eigenvalue weighted by Gasteiger charge is 2.30. The van der Waals surface area contributed by atoms with E-state index in [2.05, 4.69) is 5.16 Å². The van der Waals surface area contributed by atoms with Crippen LogP contribution in [0.1, 0.15) is 37.8 Å². The second-order valence-electron chi connectivity index (χ2n) is 8.44. The molecule has 0 saturated carbocycles. The molecule has 0 spiro atoms. The zero-order valence-corrected chi connectivity index (χ0v) is 19.1. The molecule has 5 rings (SSSR count). The topological polar surface area (TPSA) is 68.2 Å². The van der Waals surface area contributed by atoms with E-state index in [1.807, 2.05) is 91.6 Å². The second kappa shape index (κ2) is 8.98. The number of oxime groups is 1. The Balaban J connectivity index is 1.45. The van der Waals surface area contributed by atoms with E-state index in [-0.39, 0.29) is 5.91 Å². The van der Waals surface area contributed by atoms with Gasteiger partial charge >= 0.3 is 5.97 Å². The Hall–Kier alpha value is -4.19. The number of hydrogen-bond acceptors (Lipinski definition) is 5. The lowest BCUT2D eigenvalue weighted by Gasteiger charge is -2.17. The van der Waals surface area contributed by atoms with Crippen LogP contribution in [0, 0.1) is 0 Å². The molecule has 1 saturated heterocycles. The van der Waals surface area contributed by atoms with Crippen molar-refractivity contribution in [2.75, 3.05) is 11.4 Å². The fraction of sp³-hybridized carbons (Fsp3) is 0.179. The summed E-state index contributed by atoms with van der Waals surface area (Å²) in [5.74, 6) is 0.973. The molecular weight excluding hydrogens is 428 g/mol. The van der Waals surface area contributed by atoms with Crippen molar-refractivity contribution in [1.29, 1.82) is 0 Å². The van der Waals surface area contributed by atoms with E-state index in [4.69, 9.17) is 9.57 Å². The van der Waals surface area contributed by atoms with Crippen molar-refractivity contribution < 1.29 is 19.2 Å². The van der Waals surface area contributed by atoms with E-state index in [1.54, 1.807) is 0 Å². The Labute approximate surface area is 198 Å². The van der Waals surface area contributed by atoms with E-state index in [0.717, 1.165) is 35.4 Å². The number of carbonyl (C=O) groups is 2. The summed E-state index contributed by atoms with van der Waals surface area (Å²) < 4.78 is 5.93. The third-order valence-electron chi connectivity index (χ3n) is 6.00. The Morgan fingerprint density at radius 3 is 2.50 bits per heavy atom. The molecule has 170 valence electrons. The molecule has 3 aliphatic heterocycles. The van der Waals surface area contributed by atoms with E-state index in [1.165, 1.54) is 0 Å². The summed E-state index contributed by atoms with van der Waals surface area (Å²) in [4.78, 5) is 31.4. The van der Waals surface area contributed by atoms with Gasteiger partial charge in [-0.05, 0) is 67.3 Å². The molecule has 1 fully saturated rings. The zero-order valence-electron chi connectivity index (χ0n) is 19.1. The molecule has 3 heterocycles. The van der Waals surface area contributed by atoms with Crippen LogP contribution < -0.4 is 4.90 Å². The summed E-state index contributed by atoms with van der Waals surface area (Å²) in [6.45, 7) is 4.62. The highest BCUT2D eigenvalue weighted by atomic mass is 16.7. The molecule has 0 N–H and O–H groups in total. The number of nitrogens with zero attached hydrogens (tertiary/aromatic N) is 2. The Morgan fingerprint density at radius 2 is 1.79 bits per heavy atom. The Bertz CT molecular complexity index is 1310. The molecule has 0 radical (unpaired) electrons. The van der Waals surface area contributed by atoms with Gasteiger partial charge in [0, 0.05) is 24.2 Å². The number of rotatable bonds is 4. The number of ether oxygens (including phenoxy) is 1. The SMILES string of the molecule is CC1=C/C(=C2\C(=O)ON=C2c2ccccc2)C=C(/C=C(/C)c2ccc(N3CCCC3=O)cc2)O1. The van der Waals surface area contributed by atoms with Crippen molar-refractivity contribution in [3.8, 4) is 0 Å². The Kier molecular flexibility index (Phi) is 5.72. The summed E-state index contributed by atoms with van der Waals surface area (Å²) in [5, 5.41) is 4.01. The first-order valence-electron chi connectivity index (χ1n) is 11.3. The predicted molar refractivity (Wildman–Crippen MR) is 131 cm³/mol. The molecule has 0 aliphatic carbocycles. The highest BCUT2D eigenvalue weighted by Crippen LogP contribution is 2.30. The maximum atomic E-state index is 12.5. The number of benzene rings is 2. The average Bonchev–Trinajstić information content (AvgIpc) is 3.44. The molecule has 0 bridgehead atoms. The number of allylic oxidation sites excluding steroid dienone is 6. The minimum Gasteiger partial charge on any atom is -0.462 e. The molecule has 34 heavy (non-hydrogen) atoms. The first-order valence-corrected chi connectivity index (χ1v) is 11.3. The molecule has 1 amide bonds. The normalized spacial score (nSPS) is 20.6. The first-order chi connectivity index (χ1) is 16.5. The predicted octanol–water partition coefficient (Wildman–Crippen LogP) is 5.29. The molecule has 2 aromatic rings. The number of anilines is 1. The van der Waals surface area contributed by atoms with Crippen LogP contribution in [0.3, 0.4) is 0 Å². The maximum Gasteiger partial charge on any atom is 0.368 e. The van der Waals surface area contributed by atoms with Crippen LogP contribution in [0.15, 0.2) is 101 Å². The van der Waals surface area contributed by atoms with Gasteiger partial charge in [0.2, 0.25) is 5.91 Å². The Morgan fingerprint density at radius 1 is 1.03 bits per heavy atom. The van der Waals surface area contributed by atoms with Gasteiger partial charge in [-0.15, -0.1) is 0 Å². The van der Waals surface area contributed by atoms with E-state index < -0.39 is 5.97 Å². The van der Waals surface area contributed by atoms with Crippen molar-refractivity contribution in [3.05, 3.63) is 107 Å². The molecule has 6 nitrogen and oxygen atoms in total. The molecular formula is C28H24N2O4. The molecule has 0 aromatic heterocycles. The third kappa shape index (κ3) is 4.22. The van der Waals surface area contributed by atoms with Gasteiger partial charge in [-0.1, -0.05) is 47.6 Å². The highest BCUT2D eigenvalue weighted by molar-refractivity contribution is 6.29. The second-order valence-corrected chi connectivity index (χ2v) is 8.44. The smallest absolute Gasteiger partial charge is 0.368 e. The lowest BCUT2D eigenvalue weighted by molar-refractivity contribution is -0.136. The lowest BCUT2D eigenvalue weighted by atomic mass is 9.96. The first kappa shape index (κ1) is 21.6. The standard InChI is InChI=1S/C28H24N2O4/c1-18(20-10-12-23(13-11-20)30-14-6-9-25(30)31)15-24-17-22(16-19(2)33-24)26-27(29-34-28(26)32)21-7-4-3-5-8-21/h3-5,7-8,10-13,15-17H,6,9,14H2,1-2H3/b18-15-,26-22+. The minimum atomic E-state index is -0.483. The number of hydrogen-bond donors (Lipinski definition) is 0. The van der Waals surface area contributed by atoms with Gasteiger partial charge < -0.3 is 14.5 Å². The van der Waals surface area contributed by atoms with Crippen molar-refractivity contribution in [2.45, 2.75) is 26.7 Å². The quantitative estimate of drug-likeness (QED) is 0.467. The van der Waals surface area contributed by atoms with Gasteiger partial charge in [-0.2, -0.15) is 0 Å². The molecule has 0 unspecified atom stereocenters. The van der Waals surface area contributed by atoms with Crippen LogP contribution in [0.2, 0.25) is 0 Å². The largest absolute Gasteiger partial charge is 0.462 e. The zero-order chi connectivity index (χ0) is 23.7. The van der Waals surface area contributed by atoms with Crippen molar-refractivity contribution in [3.63, 3.8) is 0 Å². The van der Waals surface area contributed by atoms with Crippen molar-refractivity contribution >= 4 is 28.8 Å². The number of amides is 1. The van der Waals surface area contributed by atoms with Crippen LogP contribution in [0.4, 0.5) is 5.69 Å². The van der Waals surface area contributed by atoms with Gasteiger partial charge in [-0.25, -0.2) is 4.79 Å². The summed E-state index contributed by atoms with van der Waals surface area (Å²) in [7, 11) is 0. The van der Waals surface area contributed by atoms with Crippen LogP contribution in [-0.4, -0.2) is 24.1 Å². The van der Waals surface area contributed by atoms with Crippen LogP contribution in [-0.2, 0) is 19.2 Å². The number of carbonyl (C=O) groups excluding carboxylic acids is 2. The average molecular weight is 453 g/mol. The summed E-state index contributed by atoms with van der Waals surface area (Å²) in [6.07, 6.45) is 7.09. The van der Waals surface area contributed by atoms with Gasteiger partial charge in [0.15, 0.2) is 0 Å². The van der Waals surface area contributed by atoms with Gasteiger partial charge in [0.05, 0.1) is 5.57 Å². The summed E-state index contributed by atoms with van der Waals surface area (Å²) in [6, 6.07) is 17.5. The van der Waals surface area contributed by atoms with Crippen LogP contribution >= 0.6 is 0 Å². The monoisotopic (exact) mass is 452 g/mol. The molecule has 3 aliphatic rings. The molecule has 0 atom stereocenters. The minimum absolute atomic E-state index is 0.174. The fourth-order valence-corrected chi connectivity index (χ4v) is 4.32. The molecule has 2 aromatic carbocycles. The summed E-state index contributed by atoms with van der Waals surface area (Å²) >= 11 is 0. The van der Waals surface area contributed by atoms with Gasteiger partial charge in [0.25, 0.3) is 0 Å². The third-order valence-corrected chi connectivity index (χ3v) is 6.00. The van der Waals surface area contributed by atoms with Gasteiger partial charge in [-0.3, -0.25) is 4.79 Å². The lowest BCUT2D eigenvalue weighted by Crippen LogP contribution is -2.23. The van der Waals surface area contributed by atoms with Crippen LogP contribution in [0.25, 0.3) is 5.57 Å². The van der Waals surface area contributed by atoms with E-state index in [9.17, 15) is 9.59 Å². The van der Waals surface area contributed by atoms with Crippen molar-refractivity contribution in [1.82, 2.24) is 0 Å².